The fourth-order valence-electron chi connectivity index (χ4n) is 1.76. The van der Waals surface area contributed by atoms with Crippen molar-refractivity contribution in [1.82, 2.24) is 4.98 Å². The summed E-state index contributed by atoms with van der Waals surface area (Å²) in [6, 6.07) is 10.7. The van der Waals surface area contributed by atoms with Gasteiger partial charge in [-0.25, -0.2) is 13.4 Å². The van der Waals surface area contributed by atoms with Crippen molar-refractivity contribution < 1.29 is 18.3 Å². The summed E-state index contributed by atoms with van der Waals surface area (Å²) < 4.78 is 26.7. The van der Waals surface area contributed by atoms with E-state index < -0.39 is 16.0 Å². The first-order valence-electron chi connectivity index (χ1n) is 6.14. The van der Waals surface area contributed by atoms with Crippen molar-refractivity contribution >= 4 is 21.8 Å². The third-order valence-corrected chi connectivity index (χ3v) is 4.09. The Morgan fingerprint density at radius 1 is 1.19 bits per heavy atom. The molecule has 0 radical (unpaired) electrons. The lowest BCUT2D eigenvalue weighted by molar-refractivity contribution is -0.136. The topological polar surface area (TPSA) is 96.4 Å². The first-order chi connectivity index (χ1) is 9.87. The molecule has 7 heteroatoms. The van der Waals surface area contributed by atoms with Gasteiger partial charge in [-0.05, 0) is 36.8 Å². The Morgan fingerprint density at radius 2 is 1.86 bits per heavy atom. The molecule has 1 heterocycles. The zero-order valence-electron chi connectivity index (χ0n) is 11.3. The molecule has 0 bridgehead atoms. The van der Waals surface area contributed by atoms with Crippen LogP contribution in [0.2, 0.25) is 0 Å². The molecular formula is C14H14N2O4S. The number of carboxylic acids is 1. The molecule has 0 aliphatic heterocycles. The van der Waals surface area contributed by atoms with Gasteiger partial charge in [-0.3, -0.25) is 9.52 Å². The van der Waals surface area contributed by atoms with Gasteiger partial charge in [0.25, 0.3) is 10.0 Å². The summed E-state index contributed by atoms with van der Waals surface area (Å²) in [6.07, 6.45) is -0.146. The van der Waals surface area contributed by atoms with Crippen molar-refractivity contribution in [2.45, 2.75) is 18.2 Å². The predicted molar refractivity (Wildman–Crippen MR) is 77.6 cm³/mol. The number of pyridine rings is 1. The van der Waals surface area contributed by atoms with Crippen LogP contribution in [-0.4, -0.2) is 24.5 Å². The summed E-state index contributed by atoms with van der Waals surface area (Å²) >= 11 is 0. The Kier molecular flexibility index (Phi) is 4.23. The second-order valence-electron chi connectivity index (χ2n) is 4.48. The standard InChI is InChI=1S/C14H14N2O4S/c1-10-3-2-4-13(15-10)16-21(19,20)12-7-5-11(6-8-12)9-14(17)18/h2-8H,9H2,1H3,(H,15,16)(H,17,18). The van der Waals surface area contributed by atoms with E-state index in [-0.39, 0.29) is 17.1 Å². The number of carboxylic acid groups (broad SMARTS) is 1. The molecule has 6 nitrogen and oxygen atoms in total. The highest BCUT2D eigenvalue weighted by Crippen LogP contribution is 2.15. The smallest absolute Gasteiger partial charge is 0.307 e. The van der Waals surface area contributed by atoms with Crippen molar-refractivity contribution in [3.8, 4) is 0 Å². The van der Waals surface area contributed by atoms with Gasteiger partial charge < -0.3 is 5.11 Å². The maximum atomic E-state index is 12.2. The van der Waals surface area contributed by atoms with Gasteiger partial charge in [-0.15, -0.1) is 0 Å². The number of carbonyl (C=O) groups is 1. The summed E-state index contributed by atoms with van der Waals surface area (Å²) in [6.45, 7) is 1.76. The molecule has 2 rings (SSSR count). The summed E-state index contributed by atoms with van der Waals surface area (Å²) in [7, 11) is -3.74. The monoisotopic (exact) mass is 306 g/mol. The van der Waals surface area contributed by atoms with Gasteiger partial charge >= 0.3 is 5.97 Å². The van der Waals surface area contributed by atoms with Crippen molar-refractivity contribution in [3.63, 3.8) is 0 Å². The summed E-state index contributed by atoms with van der Waals surface area (Å²) in [5.41, 5.74) is 1.24. The second-order valence-corrected chi connectivity index (χ2v) is 6.17. The van der Waals surface area contributed by atoms with Gasteiger partial charge in [0.1, 0.15) is 5.82 Å². The van der Waals surface area contributed by atoms with Gasteiger partial charge in [0, 0.05) is 5.69 Å². The third kappa shape index (κ3) is 4.03. The molecule has 0 atom stereocenters. The van der Waals surface area contributed by atoms with Crippen LogP contribution < -0.4 is 4.72 Å². The second kappa shape index (κ2) is 5.92. The van der Waals surface area contributed by atoms with E-state index in [2.05, 4.69) is 9.71 Å². The zero-order valence-corrected chi connectivity index (χ0v) is 12.1. The number of anilines is 1. The van der Waals surface area contributed by atoms with Crippen LogP contribution >= 0.6 is 0 Å². The number of aryl methyl sites for hydroxylation is 1. The van der Waals surface area contributed by atoms with E-state index >= 15 is 0 Å². The largest absolute Gasteiger partial charge is 0.481 e. The number of sulfonamides is 1. The van der Waals surface area contributed by atoms with E-state index in [9.17, 15) is 13.2 Å². The van der Waals surface area contributed by atoms with E-state index in [1.807, 2.05) is 0 Å². The van der Waals surface area contributed by atoms with E-state index in [4.69, 9.17) is 5.11 Å². The summed E-state index contributed by atoms with van der Waals surface area (Å²) in [5.74, 6) is -0.725. The number of aromatic nitrogens is 1. The van der Waals surface area contributed by atoms with Crippen LogP contribution in [0.4, 0.5) is 5.82 Å². The maximum absolute atomic E-state index is 12.2. The molecule has 0 saturated carbocycles. The SMILES string of the molecule is Cc1cccc(NS(=O)(=O)c2ccc(CC(=O)O)cc2)n1. The molecule has 21 heavy (non-hydrogen) atoms. The molecule has 0 saturated heterocycles. The number of nitrogens with one attached hydrogen (secondary N) is 1. The van der Waals surface area contributed by atoms with Crippen LogP contribution in [-0.2, 0) is 21.2 Å². The highest BCUT2D eigenvalue weighted by Gasteiger charge is 2.15. The molecule has 0 spiro atoms. The number of hydrogen-bond acceptors (Lipinski definition) is 4. The van der Waals surface area contributed by atoms with Crippen LogP contribution in [0, 0.1) is 6.92 Å². The molecule has 1 aromatic heterocycles. The van der Waals surface area contributed by atoms with Gasteiger partial charge in [0.05, 0.1) is 11.3 Å². The van der Waals surface area contributed by atoms with E-state index in [0.29, 0.717) is 11.3 Å². The Bertz CT molecular complexity index is 755. The molecule has 2 aromatic rings. The van der Waals surface area contributed by atoms with E-state index in [1.165, 1.54) is 24.3 Å². The van der Waals surface area contributed by atoms with Crippen molar-refractivity contribution in [3.05, 3.63) is 53.7 Å². The Balaban J connectivity index is 2.21. The average molecular weight is 306 g/mol. The number of benzene rings is 1. The number of rotatable bonds is 5. The molecule has 110 valence electrons. The predicted octanol–water partition coefficient (Wildman–Crippen LogP) is 1.82. The van der Waals surface area contributed by atoms with Crippen LogP contribution in [0.5, 0.6) is 0 Å². The van der Waals surface area contributed by atoms with Gasteiger partial charge in [0.15, 0.2) is 0 Å². The molecule has 0 unspecified atom stereocenters. The van der Waals surface area contributed by atoms with Crippen LogP contribution in [0.3, 0.4) is 0 Å². The normalized spacial score (nSPS) is 11.1. The van der Waals surface area contributed by atoms with Crippen LogP contribution in [0.25, 0.3) is 0 Å². The third-order valence-electron chi connectivity index (χ3n) is 2.72. The number of hydrogen-bond donors (Lipinski definition) is 2. The van der Waals surface area contributed by atoms with Gasteiger partial charge in [-0.2, -0.15) is 0 Å². The summed E-state index contributed by atoms with van der Waals surface area (Å²) in [5, 5.41) is 8.68. The van der Waals surface area contributed by atoms with Crippen LogP contribution in [0.1, 0.15) is 11.3 Å². The number of nitrogens with zero attached hydrogens (tertiary/aromatic N) is 1. The lowest BCUT2D eigenvalue weighted by atomic mass is 10.2. The molecule has 1 aromatic carbocycles. The quantitative estimate of drug-likeness (QED) is 0.878. The maximum Gasteiger partial charge on any atom is 0.307 e. The Morgan fingerprint density at radius 3 is 2.43 bits per heavy atom. The highest BCUT2D eigenvalue weighted by atomic mass is 32.2. The number of aliphatic carboxylic acids is 1. The first kappa shape index (κ1) is 15.0. The van der Waals surface area contributed by atoms with Crippen LogP contribution in [0.15, 0.2) is 47.4 Å². The Labute approximate surface area is 122 Å². The molecule has 0 aliphatic rings. The minimum Gasteiger partial charge on any atom is -0.481 e. The van der Waals surface area contributed by atoms with E-state index in [1.54, 1.807) is 25.1 Å². The summed E-state index contributed by atoms with van der Waals surface area (Å²) in [4.78, 5) is 14.7. The molecule has 0 aliphatic carbocycles. The fraction of sp³-hybridized carbons (Fsp3) is 0.143. The van der Waals surface area contributed by atoms with Crippen molar-refractivity contribution in [1.29, 1.82) is 0 Å². The molecule has 0 amide bonds. The molecule has 0 fully saturated rings. The lowest BCUT2D eigenvalue weighted by Gasteiger charge is -2.08. The fourth-order valence-corrected chi connectivity index (χ4v) is 2.76. The zero-order chi connectivity index (χ0) is 15.5. The average Bonchev–Trinajstić information content (AvgIpc) is 2.38. The van der Waals surface area contributed by atoms with E-state index in [0.717, 1.165) is 0 Å². The molecule has 2 N–H and O–H groups in total. The van der Waals surface area contributed by atoms with Crippen molar-refractivity contribution in [2.24, 2.45) is 0 Å². The molecular weight excluding hydrogens is 292 g/mol. The Hall–Kier alpha value is -2.41. The highest BCUT2D eigenvalue weighted by molar-refractivity contribution is 7.92. The first-order valence-corrected chi connectivity index (χ1v) is 7.62. The van der Waals surface area contributed by atoms with Gasteiger partial charge in [0.2, 0.25) is 0 Å². The van der Waals surface area contributed by atoms with Crippen molar-refractivity contribution in [2.75, 3.05) is 4.72 Å². The lowest BCUT2D eigenvalue weighted by Crippen LogP contribution is -2.14. The van der Waals surface area contributed by atoms with Gasteiger partial charge in [-0.1, -0.05) is 18.2 Å². The minimum atomic E-state index is -3.74. The minimum absolute atomic E-state index is 0.0555.